The number of benzene rings is 2. The van der Waals surface area contributed by atoms with Crippen molar-refractivity contribution in [3.8, 4) is 0 Å². The van der Waals surface area contributed by atoms with E-state index in [4.69, 9.17) is 0 Å². The summed E-state index contributed by atoms with van der Waals surface area (Å²) in [5.41, 5.74) is 2.38. The van der Waals surface area contributed by atoms with Gasteiger partial charge in [0.05, 0.1) is 0 Å². The van der Waals surface area contributed by atoms with Crippen molar-refractivity contribution in [1.29, 1.82) is 0 Å². The first kappa shape index (κ1) is 9.97. The van der Waals surface area contributed by atoms with Gasteiger partial charge in [-0.1, -0.05) is 62.4 Å². The molecular weight excluding hydrogens is 180 g/mol. The molecule has 0 bridgehead atoms. The molecule has 0 heterocycles. The van der Waals surface area contributed by atoms with E-state index in [1.165, 1.54) is 11.1 Å². The van der Waals surface area contributed by atoms with Gasteiger partial charge in [-0.15, -0.1) is 0 Å². The van der Waals surface area contributed by atoms with Gasteiger partial charge in [0, 0.05) is 5.41 Å². The van der Waals surface area contributed by atoms with Crippen molar-refractivity contribution in [3.63, 3.8) is 0 Å². The normalized spacial score (nSPS) is 11.3. The van der Waals surface area contributed by atoms with Crippen LogP contribution in [0.15, 0.2) is 48.5 Å². The highest BCUT2D eigenvalue weighted by Crippen LogP contribution is 2.29. The second-order valence-electron chi connectivity index (χ2n) is 4.18. The van der Waals surface area contributed by atoms with Gasteiger partial charge >= 0.3 is 0 Å². The molecule has 0 aliphatic heterocycles. The molecule has 0 nitrogen and oxygen atoms in total. The van der Waals surface area contributed by atoms with Crippen LogP contribution in [0.25, 0.3) is 0 Å². The van der Waals surface area contributed by atoms with Crippen LogP contribution in [0.5, 0.6) is 0 Å². The summed E-state index contributed by atoms with van der Waals surface area (Å²) in [5.74, 6) is 0. The predicted octanol–water partition coefficient (Wildman–Crippen LogP) is 3.61. The lowest BCUT2D eigenvalue weighted by Gasteiger charge is -2.25. The van der Waals surface area contributed by atoms with Crippen LogP contribution in [0.2, 0.25) is 0 Å². The van der Waals surface area contributed by atoms with Gasteiger partial charge in [-0.25, -0.2) is 0 Å². The summed E-state index contributed by atoms with van der Waals surface area (Å²) in [6.07, 6.45) is 0. The minimum absolute atomic E-state index is 0.0253. The average Bonchev–Trinajstić information content (AvgIpc) is 2.31. The van der Waals surface area contributed by atoms with Crippen molar-refractivity contribution in [1.82, 2.24) is 0 Å². The smallest absolute Gasteiger partial charge is 0.0158 e. The molecule has 74 valence electrons. The molecule has 0 spiro atoms. The molecule has 2 rings (SSSR count). The first-order chi connectivity index (χ1) is 7.21. The summed E-state index contributed by atoms with van der Waals surface area (Å²) in [6.45, 7) is 4.40. The molecule has 0 aliphatic carbocycles. The third-order valence-corrected chi connectivity index (χ3v) is 2.76. The molecule has 2 radical (unpaired) electrons. The zero-order valence-electron chi connectivity index (χ0n) is 9.12. The van der Waals surface area contributed by atoms with E-state index in [1.807, 2.05) is 24.3 Å². The highest BCUT2D eigenvalue weighted by Gasteiger charge is 2.22. The molecule has 2 aromatic carbocycles. The SMILES string of the molecule is CC(C)(c1[c]cccc1)c1[c]cccc1. The van der Waals surface area contributed by atoms with Crippen LogP contribution in [-0.4, -0.2) is 0 Å². The molecule has 0 heteroatoms. The third-order valence-electron chi connectivity index (χ3n) is 2.76. The van der Waals surface area contributed by atoms with E-state index in [-0.39, 0.29) is 5.41 Å². The number of hydrogen-bond acceptors (Lipinski definition) is 0. The summed E-state index contributed by atoms with van der Waals surface area (Å²) < 4.78 is 0. The molecule has 0 amide bonds. The monoisotopic (exact) mass is 194 g/mol. The number of rotatable bonds is 2. The van der Waals surface area contributed by atoms with E-state index in [9.17, 15) is 0 Å². The summed E-state index contributed by atoms with van der Waals surface area (Å²) in [7, 11) is 0. The van der Waals surface area contributed by atoms with Gasteiger partial charge < -0.3 is 0 Å². The van der Waals surface area contributed by atoms with Crippen molar-refractivity contribution in [2.24, 2.45) is 0 Å². The van der Waals surface area contributed by atoms with E-state index in [2.05, 4.69) is 50.2 Å². The van der Waals surface area contributed by atoms with Crippen molar-refractivity contribution in [3.05, 3.63) is 71.8 Å². The van der Waals surface area contributed by atoms with Gasteiger partial charge in [-0.05, 0) is 23.3 Å². The standard InChI is InChI=1S/C15H14/c1-15(2,13-9-5-3-6-10-13)14-11-7-4-8-12-14/h3-9,11H,1-2H3. The van der Waals surface area contributed by atoms with E-state index in [0.29, 0.717) is 0 Å². The fraction of sp³-hybridized carbons (Fsp3) is 0.200. The van der Waals surface area contributed by atoms with Gasteiger partial charge in [0.2, 0.25) is 0 Å². The van der Waals surface area contributed by atoms with Gasteiger partial charge in [0.25, 0.3) is 0 Å². The predicted molar refractivity (Wildman–Crippen MR) is 62.7 cm³/mol. The van der Waals surface area contributed by atoms with Gasteiger partial charge in [0.15, 0.2) is 0 Å². The van der Waals surface area contributed by atoms with Crippen molar-refractivity contribution in [2.45, 2.75) is 19.3 Å². The Kier molecular flexibility index (Phi) is 2.59. The Bertz CT molecular complexity index is 371. The summed E-state index contributed by atoms with van der Waals surface area (Å²) in [5, 5.41) is 0. The zero-order chi connectivity index (χ0) is 10.7. The van der Waals surface area contributed by atoms with E-state index in [1.54, 1.807) is 0 Å². The Morgan fingerprint density at radius 2 is 1.27 bits per heavy atom. The molecule has 0 fully saturated rings. The molecule has 0 unspecified atom stereocenters. The van der Waals surface area contributed by atoms with E-state index >= 15 is 0 Å². The lowest BCUT2D eigenvalue weighted by Crippen LogP contribution is -2.18. The van der Waals surface area contributed by atoms with Crippen LogP contribution < -0.4 is 0 Å². The third kappa shape index (κ3) is 1.94. The second kappa shape index (κ2) is 3.90. The lowest BCUT2D eigenvalue weighted by molar-refractivity contribution is 0.638. The Hall–Kier alpha value is -1.56. The maximum atomic E-state index is 3.29. The first-order valence-electron chi connectivity index (χ1n) is 5.15. The Morgan fingerprint density at radius 1 is 0.800 bits per heavy atom. The molecule has 0 N–H and O–H groups in total. The van der Waals surface area contributed by atoms with Crippen molar-refractivity contribution >= 4 is 0 Å². The Labute approximate surface area is 91.6 Å². The van der Waals surface area contributed by atoms with Gasteiger partial charge in [-0.3, -0.25) is 0 Å². The van der Waals surface area contributed by atoms with Crippen molar-refractivity contribution in [2.75, 3.05) is 0 Å². The molecule has 0 atom stereocenters. The van der Waals surface area contributed by atoms with Crippen LogP contribution in [0.3, 0.4) is 0 Å². The topological polar surface area (TPSA) is 0 Å². The second-order valence-corrected chi connectivity index (χ2v) is 4.18. The summed E-state index contributed by atoms with van der Waals surface area (Å²) in [6, 6.07) is 22.8. The van der Waals surface area contributed by atoms with Crippen LogP contribution in [0, 0.1) is 12.1 Å². The molecular formula is C15H14. The summed E-state index contributed by atoms with van der Waals surface area (Å²) >= 11 is 0. The summed E-state index contributed by atoms with van der Waals surface area (Å²) in [4.78, 5) is 0. The molecule has 2 aromatic rings. The molecule has 0 aromatic heterocycles. The van der Waals surface area contributed by atoms with Crippen LogP contribution in [0.1, 0.15) is 25.0 Å². The molecule has 0 aliphatic rings. The fourth-order valence-electron chi connectivity index (χ4n) is 1.71. The van der Waals surface area contributed by atoms with E-state index in [0.717, 1.165) is 0 Å². The largest absolute Gasteiger partial charge is 0.0619 e. The zero-order valence-corrected chi connectivity index (χ0v) is 9.12. The molecule has 15 heavy (non-hydrogen) atoms. The maximum Gasteiger partial charge on any atom is 0.0158 e. The van der Waals surface area contributed by atoms with Gasteiger partial charge in [-0.2, -0.15) is 0 Å². The molecule has 0 saturated carbocycles. The van der Waals surface area contributed by atoms with Crippen LogP contribution >= 0.6 is 0 Å². The minimum atomic E-state index is -0.0253. The maximum absolute atomic E-state index is 3.29. The average molecular weight is 194 g/mol. The Balaban J connectivity index is 2.44. The van der Waals surface area contributed by atoms with Crippen LogP contribution in [-0.2, 0) is 5.41 Å². The first-order valence-corrected chi connectivity index (χ1v) is 5.15. The highest BCUT2D eigenvalue weighted by atomic mass is 14.2. The van der Waals surface area contributed by atoms with Crippen molar-refractivity contribution < 1.29 is 0 Å². The minimum Gasteiger partial charge on any atom is -0.0619 e. The number of hydrogen-bond donors (Lipinski definition) is 0. The fourth-order valence-corrected chi connectivity index (χ4v) is 1.71. The van der Waals surface area contributed by atoms with Crippen LogP contribution in [0.4, 0.5) is 0 Å². The highest BCUT2D eigenvalue weighted by molar-refractivity contribution is 5.35. The van der Waals surface area contributed by atoms with E-state index < -0.39 is 0 Å². The quantitative estimate of drug-likeness (QED) is 0.685. The molecule has 0 saturated heterocycles. The van der Waals surface area contributed by atoms with Gasteiger partial charge in [0.1, 0.15) is 0 Å². The lowest BCUT2D eigenvalue weighted by atomic mass is 9.78. The Morgan fingerprint density at radius 3 is 1.60 bits per heavy atom.